The summed E-state index contributed by atoms with van der Waals surface area (Å²) in [6.07, 6.45) is 1.75. The molecule has 0 aliphatic heterocycles. The van der Waals surface area contributed by atoms with Gasteiger partial charge in [-0.05, 0) is 80.7 Å². The largest absolute Gasteiger partial charge is 0.324 e. The Bertz CT molecular complexity index is 1550. The summed E-state index contributed by atoms with van der Waals surface area (Å²) in [5, 5.41) is 7.25. The molecule has 3 aromatic carbocycles. The Labute approximate surface area is 216 Å². The average Bonchev–Trinajstić information content (AvgIpc) is 2.91. The van der Waals surface area contributed by atoms with E-state index in [1.165, 1.54) is 0 Å². The summed E-state index contributed by atoms with van der Waals surface area (Å²) in [6.45, 7) is 2.80. The first kappa shape index (κ1) is 24.1. The number of nitrogens with one attached hydrogen (secondary N) is 2. The molecule has 37 heavy (non-hydrogen) atoms. The van der Waals surface area contributed by atoms with Crippen molar-refractivity contribution in [3.8, 4) is 11.4 Å². The Balaban J connectivity index is 1.35. The van der Waals surface area contributed by atoms with Crippen LogP contribution in [0.4, 0.5) is 17.3 Å². The summed E-state index contributed by atoms with van der Waals surface area (Å²) >= 11 is 0. The van der Waals surface area contributed by atoms with Crippen LogP contribution in [0.15, 0.2) is 91.1 Å². The number of para-hydroxylation sites is 1. The second-order valence-electron chi connectivity index (χ2n) is 9.17. The summed E-state index contributed by atoms with van der Waals surface area (Å²) in [4.78, 5) is 28.9. The van der Waals surface area contributed by atoms with Gasteiger partial charge in [0.15, 0.2) is 0 Å². The van der Waals surface area contributed by atoms with Crippen LogP contribution in [-0.2, 0) is 6.54 Å². The molecule has 0 spiro atoms. The predicted molar refractivity (Wildman–Crippen MR) is 149 cm³/mol. The second-order valence-corrected chi connectivity index (χ2v) is 9.17. The molecule has 1 amide bonds. The smallest absolute Gasteiger partial charge is 0.255 e. The fourth-order valence-electron chi connectivity index (χ4n) is 4.13. The van der Waals surface area contributed by atoms with Crippen LogP contribution in [0.2, 0.25) is 0 Å². The summed E-state index contributed by atoms with van der Waals surface area (Å²) < 4.78 is 0. The van der Waals surface area contributed by atoms with Gasteiger partial charge in [-0.25, -0.2) is 9.97 Å². The fraction of sp³-hybridized carbons (Fsp3) is 0.133. The normalized spacial score (nSPS) is 11.0. The van der Waals surface area contributed by atoms with Crippen molar-refractivity contribution < 1.29 is 4.79 Å². The minimum absolute atomic E-state index is 0.156. The number of rotatable bonds is 7. The summed E-state index contributed by atoms with van der Waals surface area (Å²) in [7, 11) is 4.05. The number of hydrogen-bond donors (Lipinski definition) is 2. The zero-order valence-electron chi connectivity index (χ0n) is 21.1. The lowest BCUT2D eigenvalue weighted by Crippen LogP contribution is -2.14. The van der Waals surface area contributed by atoms with Crippen molar-refractivity contribution in [3.63, 3.8) is 0 Å². The van der Waals surface area contributed by atoms with Gasteiger partial charge < -0.3 is 15.5 Å². The number of carbonyl (C=O) groups is 1. The van der Waals surface area contributed by atoms with Gasteiger partial charge >= 0.3 is 0 Å². The Kier molecular flexibility index (Phi) is 6.87. The zero-order valence-corrected chi connectivity index (χ0v) is 21.1. The van der Waals surface area contributed by atoms with Crippen molar-refractivity contribution in [2.45, 2.75) is 13.5 Å². The van der Waals surface area contributed by atoms with Crippen LogP contribution in [0.5, 0.6) is 0 Å². The van der Waals surface area contributed by atoms with Gasteiger partial charge in [0.25, 0.3) is 5.91 Å². The molecule has 7 nitrogen and oxygen atoms in total. The van der Waals surface area contributed by atoms with Crippen molar-refractivity contribution in [1.29, 1.82) is 0 Å². The average molecular weight is 489 g/mol. The van der Waals surface area contributed by atoms with Crippen LogP contribution in [-0.4, -0.2) is 39.9 Å². The van der Waals surface area contributed by atoms with E-state index in [9.17, 15) is 4.79 Å². The molecule has 0 aliphatic rings. The van der Waals surface area contributed by atoms with E-state index < -0.39 is 0 Å². The number of amides is 1. The number of aryl methyl sites for hydroxylation is 1. The van der Waals surface area contributed by atoms with E-state index in [0.717, 1.165) is 51.3 Å². The second kappa shape index (κ2) is 10.6. The zero-order chi connectivity index (χ0) is 25.8. The highest BCUT2D eigenvalue weighted by Crippen LogP contribution is 2.27. The van der Waals surface area contributed by atoms with E-state index in [1.54, 1.807) is 18.3 Å². The maximum Gasteiger partial charge on any atom is 0.255 e. The van der Waals surface area contributed by atoms with Crippen molar-refractivity contribution in [2.24, 2.45) is 0 Å². The van der Waals surface area contributed by atoms with E-state index in [0.29, 0.717) is 11.5 Å². The Hall–Kier alpha value is -4.62. The first-order chi connectivity index (χ1) is 18.0. The van der Waals surface area contributed by atoms with Crippen LogP contribution in [0.1, 0.15) is 21.5 Å². The standard InChI is InChI=1S/C30H28N6O/c1-20-11-12-21(19-36(2)3)18-27(20)33-29(37)22-13-15-23(16-14-22)32-30-34-25-9-5-4-8-24(25)28(35-30)26-10-6-7-17-31-26/h4-18H,19H2,1-3H3,(H,33,37)(H,32,34,35). The SMILES string of the molecule is Cc1ccc(CN(C)C)cc1NC(=O)c1ccc(Nc2nc(-c3ccccn3)c3ccccc3n2)cc1. The summed E-state index contributed by atoms with van der Waals surface area (Å²) in [5.41, 5.74) is 6.69. The number of fused-ring (bicyclic) bond motifs is 1. The van der Waals surface area contributed by atoms with Gasteiger partial charge in [-0.3, -0.25) is 9.78 Å². The van der Waals surface area contributed by atoms with E-state index >= 15 is 0 Å². The van der Waals surface area contributed by atoms with Gasteiger partial charge in [0.05, 0.1) is 11.2 Å². The molecule has 0 atom stereocenters. The number of pyridine rings is 1. The monoisotopic (exact) mass is 488 g/mol. The van der Waals surface area contributed by atoms with Crippen molar-refractivity contribution in [1.82, 2.24) is 19.9 Å². The van der Waals surface area contributed by atoms with Gasteiger partial charge in [0.2, 0.25) is 5.95 Å². The van der Waals surface area contributed by atoms with Crippen molar-refractivity contribution >= 4 is 34.1 Å². The number of carbonyl (C=O) groups excluding carboxylic acids is 1. The van der Waals surface area contributed by atoms with Gasteiger partial charge in [0.1, 0.15) is 5.69 Å². The van der Waals surface area contributed by atoms with Gasteiger partial charge in [0, 0.05) is 35.1 Å². The molecule has 2 heterocycles. The molecule has 5 aromatic rings. The molecule has 184 valence electrons. The van der Waals surface area contributed by atoms with E-state index in [1.807, 2.05) is 87.7 Å². The number of benzene rings is 3. The highest BCUT2D eigenvalue weighted by molar-refractivity contribution is 6.05. The van der Waals surface area contributed by atoms with E-state index in [4.69, 9.17) is 4.98 Å². The third-order valence-corrected chi connectivity index (χ3v) is 5.96. The first-order valence-corrected chi connectivity index (χ1v) is 12.1. The molecule has 0 bridgehead atoms. The lowest BCUT2D eigenvalue weighted by molar-refractivity contribution is 0.102. The molecular formula is C30H28N6O. The molecule has 0 fully saturated rings. The molecule has 0 saturated carbocycles. The lowest BCUT2D eigenvalue weighted by Gasteiger charge is -2.14. The quantitative estimate of drug-likeness (QED) is 0.290. The molecule has 0 unspecified atom stereocenters. The third kappa shape index (κ3) is 5.63. The Morgan fingerprint density at radius 3 is 2.43 bits per heavy atom. The maximum absolute atomic E-state index is 12.9. The molecule has 2 N–H and O–H groups in total. The number of aromatic nitrogens is 3. The number of anilines is 3. The van der Waals surface area contributed by atoms with Gasteiger partial charge in [-0.15, -0.1) is 0 Å². The molecule has 5 rings (SSSR count). The molecule has 7 heteroatoms. The minimum atomic E-state index is -0.156. The molecule has 2 aromatic heterocycles. The van der Waals surface area contributed by atoms with Crippen LogP contribution in [0.3, 0.4) is 0 Å². The first-order valence-electron chi connectivity index (χ1n) is 12.1. The highest BCUT2D eigenvalue weighted by atomic mass is 16.1. The van der Waals surface area contributed by atoms with E-state index in [2.05, 4.69) is 31.6 Å². The number of hydrogen-bond acceptors (Lipinski definition) is 6. The van der Waals surface area contributed by atoms with Crippen LogP contribution < -0.4 is 10.6 Å². The van der Waals surface area contributed by atoms with E-state index in [-0.39, 0.29) is 5.91 Å². The molecule has 0 saturated heterocycles. The van der Waals surface area contributed by atoms with Gasteiger partial charge in [-0.2, -0.15) is 0 Å². The van der Waals surface area contributed by atoms with Crippen molar-refractivity contribution in [3.05, 3.63) is 108 Å². The van der Waals surface area contributed by atoms with Crippen LogP contribution >= 0.6 is 0 Å². The fourth-order valence-corrected chi connectivity index (χ4v) is 4.13. The summed E-state index contributed by atoms with van der Waals surface area (Å²) in [6, 6.07) is 27.0. The molecule has 0 aliphatic carbocycles. The number of nitrogens with zero attached hydrogens (tertiary/aromatic N) is 4. The topological polar surface area (TPSA) is 83.0 Å². The van der Waals surface area contributed by atoms with Gasteiger partial charge in [-0.1, -0.05) is 36.4 Å². The van der Waals surface area contributed by atoms with Crippen LogP contribution in [0.25, 0.3) is 22.3 Å². The predicted octanol–water partition coefficient (Wildman–Crippen LogP) is 6.06. The lowest BCUT2D eigenvalue weighted by atomic mass is 10.1. The Morgan fingerprint density at radius 2 is 1.68 bits per heavy atom. The Morgan fingerprint density at radius 1 is 0.892 bits per heavy atom. The maximum atomic E-state index is 12.9. The molecule has 0 radical (unpaired) electrons. The summed E-state index contributed by atoms with van der Waals surface area (Å²) in [5.74, 6) is 0.306. The highest BCUT2D eigenvalue weighted by Gasteiger charge is 2.12. The van der Waals surface area contributed by atoms with Crippen LogP contribution in [0, 0.1) is 6.92 Å². The minimum Gasteiger partial charge on any atom is -0.324 e. The van der Waals surface area contributed by atoms with Crippen molar-refractivity contribution in [2.75, 3.05) is 24.7 Å². The molecular weight excluding hydrogens is 460 g/mol. The third-order valence-electron chi connectivity index (χ3n) is 5.96.